The Labute approximate surface area is 121 Å². The monoisotopic (exact) mass is 321 g/mol. The van der Waals surface area contributed by atoms with E-state index in [1.54, 1.807) is 0 Å². The Kier molecular flexibility index (Phi) is 4.17. The minimum atomic E-state index is -4.43. The molecule has 0 radical (unpaired) electrons. The van der Waals surface area contributed by atoms with E-state index in [1.807, 2.05) is 0 Å². The van der Waals surface area contributed by atoms with Gasteiger partial charge in [-0.15, -0.1) is 0 Å². The molecule has 2 aromatic rings. The molecule has 0 saturated carbocycles. The van der Waals surface area contributed by atoms with Crippen LogP contribution in [-0.2, 0) is 6.54 Å². The van der Waals surface area contributed by atoms with Gasteiger partial charge in [0.25, 0.3) is 5.91 Å². The van der Waals surface area contributed by atoms with Gasteiger partial charge in [-0.3, -0.25) is 9.48 Å². The number of rotatable bonds is 3. The first-order valence-corrected chi connectivity index (χ1v) is 5.98. The van der Waals surface area contributed by atoms with Crippen molar-refractivity contribution in [3.63, 3.8) is 0 Å². The Morgan fingerprint density at radius 2 is 2.10 bits per heavy atom. The predicted molar refractivity (Wildman–Crippen MR) is 67.6 cm³/mol. The highest BCUT2D eigenvalue weighted by Gasteiger charge is 2.28. The molecule has 0 bridgehead atoms. The minimum Gasteiger partial charge on any atom is -0.319 e. The number of anilines is 1. The van der Waals surface area contributed by atoms with E-state index in [-0.39, 0.29) is 16.3 Å². The Hall–Kier alpha value is -2.09. The molecule has 1 N–H and O–H groups in total. The average Bonchev–Trinajstić information content (AvgIpc) is 2.73. The highest BCUT2D eigenvalue weighted by Crippen LogP contribution is 2.21. The largest absolute Gasteiger partial charge is 0.408 e. The lowest BCUT2D eigenvalue weighted by Crippen LogP contribution is -2.18. The van der Waals surface area contributed by atoms with Crippen LogP contribution in [0.5, 0.6) is 0 Å². The number of carbonyl (C=O) groups is 1. The van der Waals surface area contributed by atoms with Gasteiger partial charge in [0.05, 0.1) is 22.5 Å². The van der Waals surface area contributed by atoms with Crippen LogP contribution in [0.1, 0.15) is 10.4 Å². The molecule has 0 atom stereocenters. The molecule has 1 heterocycles. The third kappa shape index (κ3) is 3.94. The fourth-order valence-electron chi connectivity index (χ4n) is 1.61. The standard InChI is InChI=1S/C12H8ClF4N3O/c13-8-2-1-3-9(14)10(8)11(21)19-7-4-18-20(5-7)6-12(15,16)17/h1-5H,6H2,(H,19,21). The van der Waals surface area contributed by atoms with Gasteiger partial charge in [-0.05, 0) is 12.1 Å². The number of nitrogens with one attached hydrogen (secondary N) is 1. The van der Waals surface area contributed by atoms with Crippen molar-refractivity contribution in [3.05, 3.63) is 47.0 Å². The molecular weight excluding hydrogens is 314 g/mol. The number of benzene rings is 1. The lowest BCUT2D eigenvalue weighted by molar-refractivity contribution is -0.142. The number of alkyl halides is 3. The van der Waals surface area contributed by atoms with Crippen molar-refractivity contribution in [1.82, 2.24) is 9.78 Å². The summed E-state index contributed by atoms with van der Waals surface area (Å²) < 4.78 is 50.6. The quantitative estimate of drug-likeness (QED) is 0.880. The number of aromatic nitrogens is 2. The molecule has 0 fully saturated rings. The Bertz CT molecular complexity index is 649. The van der Waals surface area contributed by atoms with Gasteiger partial charge in [0.1, 0.15) is 12.4 Å². The molecule has 21 heavy (non-hydrogen) atoms. The zero-order valence-corrected chi connectivity index (χ0v) is 11.0. The summed E-state index contributed by atoms with van der Waals surface area (Å²) in [4.78, 5) is 11.9. The third-order valence-electron chi connectivity index (χ3n) is 2.42. The van der Waals surface area contributed by atoms with Gasteiger partial charge in [0.2, 0.25) is 0 Å². The van der Waals surface area contributed by atoms with E-state index in [2.05, 4.69) is 10.4 Å². The summed E-state index contributed by atoms with van der Waals surface area (Å²) in [6.07, 6.45) is -2.42. The maximum atomic E-state index is 13.5. The summed E-state index contributed by atoms with van der Waals surface area (Å²) in [7, 11) is 0. The summed E-state index contributed by atoms with van der Waals surface area (Å²) in [6, 6.07) is 3.70. The first kappa shape index (κ1) is 15.3. The van der Waals surface area contributed by atoms with Gasteiger partial charge in [0.15, 0.2) is 0 Å². The number of hydrogen-bond acceptors (Lipinski definition) is 2. The van der Waals surface area contributed by atoms with Crippen LogP contribution in [-0.4, -0.2) is 21.9 Å². The van der Waals surface area contributed by atoms with Crippen LogP contribution in [0, 0.1) is 5.82 Å². The van der Waals surface area contributed by atoms with Crippen LogP contribution >= 0.6 is 11.6 Å². The van der Waals surface area contributed by atoms with Crippen molar-refractivity contribution in [2.24, 2.45) is 0 Å². The lowest BCUT2D eigenvalue weighted by atomic mass is 10.2. The fraction of sp³-hybridized carbons (Fsp3) is 0.167. The van der Waals surface area contributed by atoms with Gasteiger partial charge in [-0.1, -0.05) is 17.7 Å². The van der Waals surface area contributed by atoms with Crippen LogP contribution in [0.3, 0.4) is 0 Å². The predicted octanol–water partition coefficient (Wildman–Crippen LogP) is 3.49. The Morgan fingerprint density at radius 1 is 1.38 bits per heavy atom. The van der Waals surface area contributed by atoms with E-state index < -0.39 is 24.4 Å². The first-order chi connectivity index (χ1) is 9.76. The van der Waals surface area contributed by atoms with Gasteiger partial charge < -0.3 is 5.32 Å². The molecule has 1 aromatic heterocycles. The molecule has 1 aromatic carbocycles. The number of amides is 1. The summed E-state index contributed by atoms with van der Waals surface area (Å²) in [5, 5.41) is 5.58. The van der Waals surface area contributed by atoms with Crippen molar-refractivity contribution in [2.75, 3.05) is 5.32 Å². The van der Waals surface area contributed by atoms with Crippen molar-refractivity contribution in [1.29, 1.82) is 0 Å². The molecule has 0 saturated heterocycles. The second kappa shape index (κ2) is 5.72. The van der Waals surface area contributed by atoms with Crippen LogP contribution in [0.2, 0.25) is 5.02 Å². The van der Waals surface area contributed by atoms with Crippen LogP contribution in [0.25, 0.3) is 0 Å². The van der Waals surface area contributed by atoms with Gasteiger partial charge >= 0.3 is 6.18 Å². The zero-order chi connectivity index (χ0) is 15.6. The molecule has 9 heteroatoms. The molecule has 4 nitrogen and oxygen atoms in total. The van der Waals surface area contributed by atoms with E-state index in [0.717, 1.165) is 18.5 Å². The molecule has 0 spiro atoms. The van der Waals surface area contributed by atoms with E-state index in [4.69, 9.17) is 11.6 Å². The van der Waals surface area contributed by atoms with Gasteiger partial charge in [-0.2, -0.15) is 18.3 Å². The lowest BCUT2D eigenvalue weighted by Gasteiger charge is -2.06. The number of nitrogens with zero attached hydrogens (tertiary/aromatic N) is 2. The zero-order valence-electron chi connectivity index (χ0n) is 10.3. The summed E-state index contributed by atoms with van der Waals surface area (Å²) >= 11 is 5.71. The SMILES string of the molecule is O=C(Nc1cnn(CC(F)(F)F)c1)c1c(F)cccc1Cl. The van der Waals surface area contributed by atoms with Crippen LogP contribution in [0.4, 0.5) is 23.2 Å². The topological polar surface area (TPSA) is 46.9 Å². The van der Waals surface area contributed by atoms with Crippen molar-refractivity contribution in [3.8, 4) is 0 Å². The number of hydrogen-bond donors (Lipinski definition) is 1. The second-order valence-electron chi connectivity index (χ2n) is 4.09. The fourth-order valence-corrected chi connectivity index (χ4v) is 1.86. The van der Waals surface area contributed by atoms with E-state index in [1.165, 1.54) is 12.1 Å². The van der Waals surface area contributed by atoms with Crippen molar-refractivity contribution in [2.45, 2.75) is 12.7 Å². The summed E-state index contributed by atoms with van der Waals surface area (Å²) in [5.74, 6) is -1.70. The molecule has 0 aliphatic carbocycles. The molecule has 1 amide bonds. The average molecular weight is 322 g/mol. The minimum absolute atomic E-state index is 0.00331. The normalized spacial score (nSPS) is 11.5. The summed E-state index contributed by atoms with van der Waals surface area (Å²) in [5.41, 5.74) is -0.383. The molecule has 0 aliphatic rings. The summed E-state index contributed by atoms with van der Waals surface area (Å²) in [6.45, 7) is -1.29. The highest BCUT2D eigenvalue weighted by atomic mass is 35.5. The van der Waals surface area contributed by atoms with Gasteiger partial charge in [-0.25, -0.2) is 4.39 Å². The van der Waals surface area contributed by atoms with Gasteiger partial charge in [0, 0.05) is 6.20 Å². The van der Waals surface area contributed by atoms with Crippen molar-refractivity contribution < 1.29 is 22.4 Å². The third-order valence-corrected chi connectivity index (χ3v) is 2.74. The molecule has 2 rings (SSSR count). The molecular formula is C12H8ClF4N3O. The molecule has 0 aliphatic heterocycles. The van der Waals surface area contributed by atoms with E-state index in [9.17, 15) is 22.4 Å². The number of carbonyl (C=O) groups excluding carboxylic acids is 1. The maximum Gasteiger partial charge on any atom is 0.408 e. The van der Waals surface area contributed by atoms with E-state index >= 15 is 0 Å². The Balaban J connectivity index is 2.14. The number of halogens is 5. The molecule has 112 valence electrons. The second-order valence-corrected chi connectivity index (χ2v) is 4.50. The maximum absolute atomic E-state index is 13.5. The van der Waals surface area contributed by atoms with E-state index in [0.29, 0.717) is 4.68 Å². The Morgan fingerprint density at radius 3 is 2.71 bits per heavy atom. The highest BCUT2D eigenvalue weighted by molar-refractivity contribution is 6.34. The molecule has 0 unspecified atom stereocenters. The van der Waals surface area contributed by atoms with Crippen molar-refractivity contribution >= 4 is 23.2 Å². The van der Waals surface area contributed by atoms with Crippen LogP contribution in [0.15, 0.2) is 30.6 Å². The van der Waals surface area contributed by atoms with Crippen LogP contribution < -0.4 is 5.32 Å². The smallest absolute Gasteiger partial charge is 0.319 e. The first-order valence-electron chi connectivity index (χ1n) is 5.61.